The van der Waals surface area contributed by atoms with Crippen molar-refractivity contribution >= 4 is 23.6 Å². The fourth-order valence-corrected chi connectivity index (χ4v) is 3.34. The Labute approximate surface area is 151 Å². The second-order valence-electron chi connectivity index (χ2n) is 5.88. The number of aromatic nitrogens is 4. The maximum absolute atomic E-state index is 12.2. The molecule has 0 unspecified atom stereocenters. The molecule has 1 saturated heterocycles. The number of anilines is 1. The first-order chi connectivity index (χ1) is 12.2. The highest BCUT2D eigenvalue weighted by Gasteiger charge is 2.20. The highest BCUT2D eigenvalue weighted by molar-refractivity contribution is 7.98. The quantitative estimate of drug-likeness (QED) is 0.745. The Morgan fingerprint density at radius 2 is 1.92 bits per heavy atom. The molecular formula is C16H23N7OS. The van der Waals surface area contributed by atoms with Crippen molar-refractivity contribution in [2.75, 3.05) is 43.9 Å². The Morgan fingerprint density at radius 1 is 1.20 bits per heavy atom. The van der Waals surface area contributed by atoms with Crippen LogP contribution in [0.1, 0.15) is 5.69 Å². The molecule has 0 atom stereocenters. The molecule has 1 aliphatic heterocycles. The molecule has 2 aromatic rings. The van der Waals surface area contributed by atoms with Crippen LogP contribution in [0.2, 0.25) is 0 Å². The molecule has 1 amide bonds. The fourth-order valence-electron chi connectivity index (χ4n) is 2.79. The van der Waals surface area contributed by atoms with Crippen LogP contribution >= 0.6 is 11.8 Å². The molecule has 25 heavy (non-hydrogen) atoms. The van der Waals surface area contributed by atoms with Gasteiger partial charge < -0.3 is 14.8 Å². The van der Waals surface area contributed by atoms with E-state index in [9.17, 15) is 4.79 Å². The lowest BCUT2D eigenvalue weighted by Gasteiger charge is -2.34. The van der Waals surface area contributed by atoms with Crippen LogP contribution in [-0.4, -0.2) is 69.3 Å². The molecule has 9 heteroatoms. The summed E-state index contributed by atoms with van der Waals surface area (Å²) in [7, 11) is 1.96. The number of hydrogen-bond acceptors (Lipinski definition) is 7. The van der Waals surface area contributed by atoms with Crippen LogP contribution in [-0.2, 0) is 18.4 Å². The number of carbonyl (C=O) groups excluding carboxylic acids is 1. The predicted octanol–water partition coefficient (Wildman–Crippen LogP) is 0.370. The first-order valence-electron chi connectivity index (χ1n) is 8.23. The second kappa shape index (κ2) is 8.30. The summed E-state index contributed by atoms with van der Waals surface area (Å²) in [4.78, 5) is 29.4. The van der Waals surface area contributed by atoms with Gasteiger partial charge in [0.2, 0.25) is 11.9 Å². The molecule has 2 aromatic heterocycles. The Hall–Kier alpha value is -2.13. The summed E-state index contributed by atoms with van der Waals surface area (Å²) in [6, 6.07) is 1.81. The summed E-state index contributed by atoms with van der Waals surface area (Å²) in [6.45, 7) is 4.23. The Balaban J connectivity index is 1.42. The van der Waals surface area contributed by atoms with E-state index in [0.29, 0.717) is 13.1 Å². The number of hydrogen-bond donors (Lipinski definition) is 1. The largest absolute Gasteiger partial charge is 0.349 e. The predicted molar refractivity (Wildman–Crippen MR) is 97.5 cm³/mol. The Bertz CT molecular complexity index is 698. The van der Waals surface area contributed by atoms with Crippen LogP contribution < -0.4 is 10.2 Å². The zero-order valence-electron chi connectivity index (χ0n) is 14.6. The van der Waals surface area contributed by atoms with Crippen molar-refractivity contribution in [3.63, 3.8) is 0 Å². The number of imidazole rings is 1. The van der Waals surface area contributed by atoms with Gasteiger partial charge in [0.15, 0.2) is 5.16 Å². The smallest absolute Gasteiger partial charge is 0.234 e. The highest BCUT2D eigenvalue weighted by atomic mass is 32.2. The molecule has 0 spiro atoms. The average Bonchev–Trinajstić information content (AvgIpc) is 3.01. The van der Waals surface area contributed by atoms with Gasteiger partial charge in [0.1, 0.15) is 0 Å². The lowest BCUT2D eigenvalue weighted by molar-refractivity contribution is -0.122. The van der Waals surface area contributed by atoms with E-state index >= 15 is 0 Å². The molecule has 1 fully saturated rings. The minimum Gasteiger partial charge on any atom is -0.349 e. The van der Waals surface area contributed by atoms with Crippen molar-refractivity contribution in [3.05, 3.63) is 30.4 Å². The van der Waals surface area contributed by atoms with Crippen LogP contribution in [0.5, 0.6) is 0 Å². The Morgan fingerprint density at radius 3 is 2.56 bits per heavy atom. The minimum absolute atomic E-state index is 0.0383. The van der Waals surface area contributed by atoms with E-state index in [4.69, 9.17) is 0 Å². The minimum atomic E-state index is 0.0383. The molecule has 0 radical (unpaired) electrons. The summed E-state index contributed by atoms with van der Waals surface area (Å²) in [5.74, 6) is 0.795. The van der Waals surface area contributed by atoms with E-state index in [2.05, 4.69) is 30.1 Å². The van der Waals surface area contributed by atoms with E-state index in [1.165, 1.54) is 0 Å². The van der Waals surface area contributed by atoms with Gasteiger partial charge in [-0.3, -0.25) is 9.69 Å². The highest BCUT2D eigenvalue weighted by Crippen LogP contribution is 2.13. The maximum atomic E-state index is 12.2. The van der Waals surface area contributed by atoms with Gasteiger partial charge in [-0.1, -0.05) is 11.8 Å². The van der Waals surface area contributed by atoms with Gasteiger partial charge in [-0.05, 0) is 12.3 Å². The van der Waals surface area contributed by atoms with E-state index in [1.54, 1.807) is 24.2 Å². The summed E-state index contributed by atoms with van der Waals surface area (Å²) in [5, 5.41) is 3.93. The normalized spacial score (nSPS) is 15.4. The standard InChI is InChI=1S/C16H23N7OS/c1-21-13(11-20-16(21)25-2)10-19-14(24)12-22-6-8-23(9-7-22)15-17-4-3-5-18-15/h3-5,11H,6-10,12H2,1-2H3,(H,19,24). The van der Waals surface area contributed by atoms with Gasteiger partial charge in [-0.2, -0.15) is 0 Å². The maximum Gasteiger partial charge on any atom is 0.234 e. The van der Waals surface area contributed by atoms with E-state index in [-0.39, 0.29) is 5.91 Å². The molecule has 134 valence electrons. The van der Waals surface area contributed by atoms with E-state index in [0.717, 1.165) is 43.0 Å². The summed E-state index contributed by atoms with van der Waals surface area (Å²) < 4.78 is 2.00. The van der Waals surface area contributed by atoms with Crippen molar-refractivity contribution in [1.82, 2.24) is 29.7 Å². The summed E-state index contributed by atoms with van der Waals surface area (Å²) in [5.41, 5.74) is 1.00. The third-order valence-electron chi connectivity index (χ3n) is 4.27. The number of amides is 1. The number of carbonyl (C=O) groups is 1. The van der Waals surface area contributed by atoms with Crippen LogP contribution in [0.15, 0.2) is 29.8 Å². The first-order valence-corrected chi connectivity index (χ1v) is 9.45. The van der Waals surface area contributed by atoms with Crippen molar-refractivity contribution < 1.29 is 4.79 Å². The molecule has 3 rings (SSSR count). The van der Waals surface area contributed by atoms with Gasteiger partial charge in [-0.15, -0.1) is 0 Å². The van der Waals surface area contributed by atoms with Gasteiger partial charge in [0.25, 0.3) is 0 Å². The topological polar surface area (TPSA) is 79.2 Å². The van der Waals surface area contributed by atoms with Gasteiger partial charge in [-0.25, -0.2) is 15.0 Å². The van der Waals surface area contributed by atoms with Gasteiger partial charge in [0.05, 0.1) is 25.0 Å². The third kappa shape index (κ3) is 4.49. The number of piperazine rings is 1. The molecule has 8 nitrogen and oxygen atoms in total. The molecular weight excluding hydrogens is 338 g/mol. The molecule has 1 N–H and O–H groups in total. The van der Waals surface area contributed by atoms with Crippen LogP contribution in [0.25, 0.3) is 0 Å². The molecule has 1 aliphatic rings. The van der Waals surface area contributed by atoms with Gasteiger partial charge >= 0.3 is 0 Å². The molecule has 0 saturated carbocycles. The summed E-state index contributed by atoms with van der Waals surface area (Å²) >= 11 is 1.59. The average molecular weight is 361 g/mol. The molecule has 3 heterocycles. The Kier molecular flexibility index (Phi) is 5.87. The number of rotatable bonds is 6. The van der Waals surface area contributed by atoms with Crippen LogP contribution in [0.3, 0.4) is 0 Å². The SMILES string of the molecule is CSc1ncc(CNC(=O)CN2CCN(c3ncccn3)CC2)n1C. The van der Waals surface area contributed by atoms with Crippen molar-refractivity contribution in [2.24, 2.45) is 7.05 Å². The molecule has 0 bridgehead atoms. The molecule has 0 aliphatic carbocycles. The van der Waals surface area contributed by atoms with Crippen molar-refractivity contribution in [3.8, 4) is 0 Å². The summed E-state index contributed by atoms with van der Waals surface area (Å²) in [6.07, 6.45) is 7.31. The lowest BCUT2D eigenvalue weighted by atomic mass is 10.3. The van der Waals surface area contributed by atoms with E-state index in [1.807, 2.05) is 30.1 Å². The second-order valence-corrected chi connectivity index (χ2v) is 6.66. The molecule has 0 aromatic carbocycles. The number of nitrogens with one attached hydrogen (secondary N) is 1. The fraction of sp³-hybridized carbons (Fsp3) is 0.500. The first kappa shape index (κ1) is 17.7. The zero-order valence-corrected chi connectivity index (χ0v) is 15.4. The van der Waals surface area contributed by atoms with Crippen molar-refractivity contribution in [1.29, 1.82) is 0 Å². The van der Waals surface area contributed by atoms with Gasteiger partial charge in [0, 0.05) is 45.6 Å². The van der Waals surface area contributed by atoms with E-state index < -0.39 is 0 Å². The third-order valence-corrected chi connectivity index (χ3v) is 5.01. The zero-order chi connectivity index (χ0) is 17.6. The van der Waals surface area contributed by atoms with Crippen molar-refractivity contribution in [2.45, 2.75) is 11.7 Å². The number of nitrogens with zero attached hydrogens (tertiary/aromatic N) is 6. The number of thioether (sulfide) groups is 1. The van der Waals surface area contributed by atoms with Crippen LogP contribution in [0, 0.1) is 0 Å². The van der Waals surface area contributed by atoms with Crippen LogP contribution in [0.4, 0.5) is 5.95 Å². The lowest BCUT2D eigenvalue weighted by Crippen LogP contribution is -2.49. The monoisotopic (exact) mass is 361 g/mol.